The van der Waals surface area contributed by atoms with Crippen LogP contribution in [0.15, 0.2) is 0 Å². The van der Waals surface area contributed by atoms with Crippen molar-refractivity contribution in [2.45, 2.75) is 32.9 Å². The summed E-state index contributed by atoms with van der Waals surface area (Å²) in [6, 6.07) is 0. The van der Waals surface area contributed by atoms with E-state index in [1.165, 1.54) is 56.6 Å². The standard InChI is InChI=1S/C14H31N4/c1-13-6-5-7-17(12-13)15-14(2)16-8-10-18(3,4)11-9-16/h13-15H,5-12H2,1-4H3/q+1. The lowest BCUT2D eigenvalue weighted by atomic mass is 10.0. The molecule has 0 aromatic rings. The van der Waals surface area contributed by atoms with E-state index in [2.05, 4.69) is 43.3 Å². The van der Waals surface area contributed by atoms with Crippen molar-refractivity contribution < 1.29 is 4.48 Å². The first-order chi connectivity index (χ1) is 8.46. The monoisotopic (exact) mass is 255 g/mol. The topological polar surface area (TPSA) is 18.5 Å². The summed E-state index contributed by atoms with van der Waals surface area (Å²) in [5.41, 5.74) is 3.70. The minimum atomic E-state index is 0.482. The third-order valence-corrected chi connectivity index (χ3v) is 4.56. The number of hydrogen-bond acceptors (Lipinski definition) is 3. The molecule has 2 atom stereocenters. The maximum atomic E-state index is 3.70. The van der Waals surface area contributed by atoms with Crippen LogP contribution in [0.2, 0.25) is 0 Å². The lowest BCUT2D eigenvalue weighted by molar-refractivity contribution is -0.894. The molecular weight excluding hydrogens is 224 g/mol. The molecule has 106 valence electrons. The van der Waals surface area contributed by atoms with E-state index in [4.69, 9.17) is 0 Å². The molecule has 2 rings (SSSR count). The van der Waals surface area contributed by atoms with Gasteiger partial charge in [0.15, 0.2) is 0 Å². The summed E-state index contributed by atoms with van der Waals surface area (Å²) in [5.74, 6) is 0.843. The number of piperidine rings is 1. The van der Waals surface area contributed by atoms with Crippen molar-refractivity contribution in [3.8, 4) is 0 Å². The van der Waals surface area contributed by atoms with Gasteiger partial charge in [0.25, 0.3) is 0 Å². The van der Waals surface area contributed by atoms with E-state index in [1.54, 1.807) is 0 Å². The first-order valence-electron chi connectivity index (χ1n) is 7.53. The molecule has 0 aromatic heterocycles. The van der Waals surface area contributed by atoms with Gasteiger partial charge in [-0.1, -0.05) is 6.92 Å². The summed E-state index contributed by atoms with van der Waals surface area (Å²) in [7, 11) is 4.67. The zero-order valence-electron chi connectivity index (χ0n) is 12.7. The van der Waals surface area contributed by atoms with Crippen LogP contribution in [0.5, 0.6) is 0 Å². The van der Waals surface area contributed by atoms with Crippen molar-refractivity contribution in [2.75, 3.05) is 53.4 Å². The fraction of sp³-hybridized carbons (Fsp3) is 1.00. The highest BCUT2D eigenvalue weighted by Crippen LogP contribution is 2.15. The second-order valence-corrected chi connectivity index (χ2v) is 6.92. The average Bonchev–Trinajstić information content (AvgIpc) is 2.28. The van der Waals surface area contributed by atoms with Crippen LogP contribution in [0, 0.1) is 5.92 Å². The van der Waals surface area contributed by atoms with Crippen LogP contribution >= 0.6 is 0 Å². The molecule has 0 saturated carbocycles. The van der Waals surface area contributed by atoms with Crippen LogP contribution in [-0.2, 0) is 0 Å². The third-order valence-electron chi connectivity index (χ3n) is 4.56. The molecule has 2 heterocycles. The maximum absolute atomic E-state index is 3.70. The van der Waals surface area contributed by atoms with Crippen LogP contribution in [0.1, 0.15) is 26.7 Å². The van der Waals surface area contributed by atoms with E-state index in [9.17, 15) is 0 Å². The van der Waals surface area contributed by atoms with Crippen LogP contribution in [0.3, 0.4) is 0 Å². The average molecular weight is 255 g/mol. The number of quaternary nitrogens is 1. The predicted molar refractivity (Wildman–Crippen MR) is 76.0 cm³/mol. The summed E-state index contributed by atoms with van der Waals surface area (Å²) in [6.45, 7) is 12.0. The predicted octanol–water partition coefficient (Wildman–Crippen LogP) is 0.961. The van der Waals surface area contributed by atoms with E-state index in [0.717, 1.165) is 5.92 Å². The van der Waals surface area contributed by atoms with Gasteiger partial charge in [0.2, 0.25) is 0 Å². The Morgan fingerprint density at radius 1 is 1.17 bits per heavy atom. The van der Waals surface area contributed by atoms with Gasteiger partial charge in [0.05, 0.1) is 33.4 Å². The Kier molecular flexibility index (Phi) is 4.64. The normalized spacial score (nSPS) is 32.3. The second-order valence-electron chi connectivity index (χ2n) is 6.92. The Balaban J connectivity index is 1.76. The van der Waals surface area contributed by atoms with Crippen LogP contribution in [0.4, 0.5) is 0 Å². The lowest BCUT2D eigenvalue weighted by Gasteiger charge is -2.43. The molecule has 2 aliphatic rings. The van der Waals surface area contributed by atoms with Crippen molar-refractivity contribution in [2.24, 2.45) is 5.92 Å². The highest BCUT2D eigenvalue weighted by atomic mass is 15.6. The highest BCUT2D eigenvalue weighted by Gasteiger charge is 2.28. The summed E-state index contributed by atoms with van der Waals surface area (Å²) < 4.78 is 1.17. The zero-order valence-corrected chi connectivity index (χ0v) is 12.7. The molecule has 0 amide bonds. The third kappa shape index (κ3) is 3.92. The van der Waals surface area contributed by atoms with E-state index >= 15 is 0 Å². The summed E-state index contributed by atoms with van der Waals surface area (Å²) in [6.07, 6.45) is 3.21. The number of nitrogens with one attached hydrogen (secondary N) is 1. The number of piperazine rings is 1. The Morgan fingerprint density at radius 3 is 2.44 bits per heavy atom. The fourth-order valence-electron chi connectivity index (χ4n) is 3.06. The minimum absolute atomic E-state index is 0.482. The van der Waals surface area contributed by atoms with Gasteiger partial charge >= 0.3 is 0 Å². The molecule has 1 N–H and O–H groups in total. The molecule has 2 fully saturated rings. The molecule has 4 heteroatoms. The van der Waals surface area contributed by atoms with Gasteiger partial charge < -0.3 is 4.48 Å². The molecule has 18 heavy (non-hydrogen) atoms. The quantitative estimate of drug-likeness (QED) is 0.758. The molecule has 0 spiro atoms. The molecule has 0 bridgehead atoms. The Bertz CT molecular complexity index is 257. The van der Waals surface area contributed by atoms with Crippen molar-refractivity contribution in [1.29, 1.82) is 0 Å². The molecule has 0 radical (unpaired) electrons. The molecule has 0 aromatic carbocycles. The first-order valence-corrected chi connectivity index (χ1v) is 7.53. The van der Waals surface area contributed by atoms with Gasteiger partial charge in [-0.15, -0.1) is 0 Å². The zero-order chi connectivity index (χ0) is 13.2. The molecule has 0 aliphatic carbocycles. The summed E-state index contributed by atoms with van der Waals surface area (Å²) in [5, 5.41) is 2.44. The Hall–Kier alpha value is -0.160. The molecule has 2 aliphatic heterocycles. The van der Waals surface area contributed by atoms with Crippen LogP contribution in [-0.4, -0.2) is 73.9 Å². The summed E-state index contributed by atoms with van der Waals surface area (Å²) >= 11 is 0. The first kappa shape index (κ1) is 14.3. The molecule has 2 unspecified atom stereocenters. The van der Waals surface area contributed by atoms with Crippen LogP contribution in [0.25, 0.3) is 0 Å². The number of rotatable bonds is 3. The van der Waals surface area contributed by atoms with Crippen molar-refractivity contribution in [1.82, 2.24) is 15.3 Å². The SMILES string of the molecule is CC1CCCN(NC(C)N2CC[N+](C)(C)CC2)C1. The van der Waals surface area contributed by atoms with E-state index < -0.39 is 0 Å². The fourth-order valence-corrected chi connectivity index (χ4v) is 3.06. The van der Waals surface area contributed by atoms with E-state index in [0.29, 0.717) is 6.17 Å². The number of hydrogen-bond donors (Lipinski definition) is 1. The molecule has 2 saturated heterocycles. The smallest absolute Gasteiger partial charge is 0.0912 e. The molecular formula is C14H31N4+. The van der Waals surface area contributed by atoms with Crippen molar-refractivity contribution >= 4 is 0 Å². The van der Waals surface area contributed by atoms with Gasteiger partial charge in [0.1, 0.15) is 0 Å². The minimum Gasteiger partial charge on any atom is -0.326 e. The summed E-state index contributed by atoms with van der Waals surface area (Å²) in [4.78, 5) is 2.59. The van der Waals surface area contributed by atoms with E-state index in [-0.39, 0.29) is 0 Å². The van der Waals surface area contributed by atoms with Crippen molar-refractivity contribution in [3.63, 3.8) is 0 Å². The number of likely N-dealkylation sites (N-methyl/N-ethyl adjacent to an activating group) is 1. The number of hydrazine groups is 1. The van der Waals surface area contributed by atoms with E-state index in [1.807, 2.05) is 0 Å². The number of nitrogens with zero attached hydrogens (tertiary/aromatic N) is 3. The second kappa shape index (κ2) is 5.87. The molecule has 4 nitrogen and oxygen atoms in total. The van der Waals surface area contributed by atoms with Crippen molar-refractivity contribution in [3.05, 3.63) is 0 Å². The Labute approximate surface area is 112 Å². The van der Waals surface area contributed by atoms with Crippen LogP contribution < -0.4 is 5.43 Å². The highest BCUT2D eigenvalue weighted by molar-refractivity contribution is 4.72. The van der Waals surface area contributed by atoms with Gasteiger partial charge in [-0.2, -0.15) is 0 Å². The van der Waals surface area contributed by atoms with Gasteiger partial charge in [-0.25, -0.2) is 10.4 Å². The maximum Gasteiger partial charge on any atom is 0.0912 e. The van der Waals surface area contributed by atoms with Gasteiger partial charge in [-0.05, 0) is 25.7 Å². The Morgan fingerprint density at radius 2 is 1.83 bits per heavy atom. The lowest BCUT2D eigenvalue weighted by Crippen LogP contribution is -2.61. The van der Waals surface area contributed by atoms with Gasteiger partial charge in [-0.3, -0.25) is 4.90 Å². The van der Waals surface area contributed by atoms with Gasteiger partial charge in [0, 0.05) is 26.2 Å². The largest absolute Gasteiger partial charge is 0.326 e.